The van der Waals surface area contributed by atoms with Gasteiger partial charge in [-0.1, -0.05) is 36.5 Å². The summed E-state index contributed by atoms with van der Waals surface area (Å²) in [5.74, 6) is 0.931. The minimum absolute atomic E-state index is 0.919. The number of nitrogens with zero attached hydrogens (tertiary/aromatic N) is 1. The maximum atomic E-state index is 5.11. The van der Waals surface area contributed by atoms with Gasteiger partial charge in [0.2, 0.25) is 0 Å². The largest absolute Gasteiger partial charge is 0.342 e. The van der Waals surface area contributed by atoms with Crippen molar-refractivity contribution in [2.75, 3.05) is 0 Å². The highest BCUT2D eigenvalue weighted by molar-refractivity contribution is 7.80. The van der Waals surface area contributed by atoms with E-state index in [0.717, 1.165) is 27.5 Å². The maximum absolute atomic E-state index is 5.11. The fraction of sp³-hybridized carbons (Fsp3) is 0.167. The van der Waals surface area contributed by atoms with Gasteiger partial charge in [-0.15, -0.1) is 0 Å². The van der Waals surface area contributed by atoms with Gasteiger partial charge in [-0.3, -0.25) is 0 Å². The quantitative estimate of drug-likeness (QED) is 0.617. The Balaban J connectivity index is 2.35. The van der Waals surface area contributed by atoms with Gasteiger partial charge in [0, 0.05) is 4.86 Å². The molecule has 0 spiro atoms. The van der Waals surface area contributed by atoms with E-state index in [1.54, 1.807) is 0 Å². The van der Waals surface area contributed by atoms with Crippen LogP contribution in [0.15, 0.2) is 30.5 Å². The van der Waals surface area contributed by atoms with E-state index in [0.29, 0.717) is 0 Å². The normalized spacial score (nSPS) is 10.3. The molecule has 1 heterocycles. The molecule has 0 fully saturated rings. The Morgan fingerprint density at radius 2 is 1.93 bits per heavy atom. The maximum Gasteiger partial charge on any atom is 0.103 e. The van der Waals surface area contributed by atoms with E-state index in [9.17, 15) is 0 Å². The van der Waals surface area contributed by atoms with Crippen LogP contribution in [0.2, 0.25) is 0 Å². The Bertz CT molecular complexity index is 483. The highest BCUT2D eigenvalue weighted by Gasteiger charge is 2.01. The number of aryl methyl sites for hydroxylation is 1. The van der Waals surface area contributed by atoms with E-state index < -0.39 is 0 Å². The minimum Gasteiger partial charge on any atom is -0.342 e. The lowest BCUT2D eigenvalue weighted by atomic mass is 10.1. The third-order valence-electron chi connectivity index (χ3n) is 2.31. The van der Waals surface area contributed by atoms with Crippen molar-refractivity contribution in [1.29, 1.82) is 0 Å². The van der Waals surface area contributed by atoms with Crippen LogP contribution in [0.3, 0.4) is 0 Å². The molecule has 2 rings (SSSR count). The number of rotatable bonds is 2. The molecule has 1 aromatic heterocycles. The van der Waals surface area contributed by atoms with Crippen molar-refractivity contribution in [3.8, 4) is 11.3 Å². The van der Waals surface area contributed by atoms with E-state index in [2.05, 4.69) is 22.1 Å². The van der Waals surface area contributed by atoms with Crippen molar-refractivity contribution in [1.82, 2.24) is 9.97 Å². The zero-order chi connectivity index (χ0) is 10.8. The Labute approximate surface area is 94.4 Å². The van der Waals surface area contributed by atoms with Crippen molar-refractivity contribution in [2.45, 2.75) is 13.8 Å². The number of hydrogen-bond acceptors (Lipinski definition) is 2. The first-order chi connectivity index (χ1) is 7.16. The molecule has 0 bridgehead atoms. The average molecular weight is 216 g/mol. The molecule has 2 aromatic rings. The molecule has 0 unspecified atom stereocenters. The summed E-state index contributed by atoms with van der Waals surface area (Å²) in [7, 11) is 0. The Morgan fingerprint density at radius 3 is 2.40 bits per heavy atom. The number of H-pyrrole nitrogens is 1. The topological polar surface area (TPSA) is 28.7 Å². The summed E-state index contributed by atoms with van der Waals surface area (Å²) in [5, 5.41) is 0. The van der Waals surface area contributed by atoms with Gasteiger partial charge in [0.15, 0.2) is 0 Å². The minimum atomic E-state index is 0.919. The third-order valence-corrected chi connectivity index (χ3v) is 2.54. The molecule has 0 atom stereocenters. The lowest BCUT2D eigenvalue weighted by Gasteiger charge is -2.00. The molecular weight excluding hydrogens is 204 g/mol. The van der Waals surface area contributed by atoms with Crippen LogP contribution in [0.4, 0.5) is 0 Å². The average Bonchev–Trinajstić information content (AvgIpc) is 2.65. The summed E-state index contributed by atoms with van der Waals surface area (Å²) in [6.45, 7) is 3.88. The summed E-state index contributed by atoms with van der Waals surface area (Å²) >= 11 is 5.11. The molecule has 15 heavy (non-hydrogen) atoms. The van der Waals surface area contributed by atoms with Gasteiger partial charge in [0.25, 0.3) is 0 Å². The van der Waals surface area contributed by atoms with Gasteiger partial charge in [0.1, 0.15) is 5.82 Å². The predicted octanol–water partition coefficient (Wildman–Crippen LogP) is 3.12. The van der Waals surface area contributed by atoms with Crippen LogP contribution in [0.5, 0.6) is 0 Å². The first-order valence-electron chi connectivity index (χ1n) is 4.80. The van der Waals surface area contributed by atoms with E-state index in [4.69, 9.17) is 12.2 Å². The number of nitrogens with one attached hydrogen (secondary N) is 1. The Hall–Kier alpha value is -1.48. The second-order valence-corrected chi connectivity index (χ2v) is 4.13. The van der Waals surface area contributed by atoms with Crippen LogP contribution in [0.1, 0.15) is 18.3 Å². The van der Waals surface area contributed by atoms with Gasteiger partial charge < -0.3 is 4.98 Å². The van der Waals surface area contributed by atoms with Crippen LogP contribution in [-0.2, 0) is 0 Å². The molecule has 1 aromatic carbocycles. The number of benzene rings is 1. The van der Waals surface area contributed by atoms with E-state index >= 15 is 0 Å². The first kappa shape index (κ1) is 10.1. The lowest BCUT2D eigenvalue weighted by molar-refractivity contribution is 1.15. The standard InChI is InChI=1S/C12H12N2S/c1-8(15)10-3-5-11(6-4-10)12-7-13-9(2)14-12/h3-7H,1-2H3,(H,13,14). The predicted molar refractivity (Wildman–Crippen MR) is 66.1 cm³/mol. The molecule has 0 radical (unpaired) electrons. The summed E-state index contributed by atoms with van der Waals surface area (Å²) in [5.41, 5.74) is 3.28. The fourth-order valence-corrected chi connectivity index (χ4v) is 1.59. The van der Waals surface area contributed by atoms with Crippen LogP contribution < -0.4 is 0 Å². The van der Waals surface area contributed by atoms with Crippen molar-refractivity contribution < 1.29 is 0 Å². The number of imidazole rings is 1. The van der Waals surface area contributed by atoms with Crippen molar-refractivity contribution in [3.63, 3.8) is 0 Å². The summed E-state index contributed by atoms with van der Waals surface area (Å²) in [4.78, 5) is 8.29. The van der Waals surface area contributed by atoms with Crippen LogP contribution in [-0.4, -0.2) is 14.8 Å². The molecule has 0 aliphatic carbocycles. The molecule has 0 aliphatic heterocycles. The van der Waals surface area contributed by atoms with Gasteiger partial charge in [-0.05, 0) is 25.0 Å². The molecule has 0 saturated carbocycles. The zero-order valence-corrected chi connectivity index (χ0v) is 9.56. The molecule has 0 saturated heterocycles. The Morgan fingerprint density at radius 1 is 1.27 bits per heavy atom. The second-order valence-electron chi connectivity index (χ2n) is 3.52. The molecule has 2 nitrogen and oxygen atoms in total. The van der Waals surface area contributed by atoms with Gasteiger partial charge in [0.05, 0.1) is 11.9 Å². The van der Waals surface area contributed by atoms with Crippen LogP contribution in [0, 0.1) is 6.92 Å². The van der Waals surface area contributed by atoms with Crippen molar-refractivity contribution in [3.05, 3.63) is 41.9 Å². The van der Waals surface area contributed by atoms with Crippen LogP contribution >= 0.6 is 12.2 Å². The fourth-order valence-electron chi connectivity index (χ4n) is 1.45. The van der Waals surface area contributed by atoms with Crippen molar-refractivity contribution >= 4 is 17.1 Å². The van der Waals surface area contributed by atoms with Gasteiger partial charge in [-0.25, -0.2) is 4.98 Å². The molecule has 76 valence electrons. The molecule has 3 heteroatoms. The highest BCUT2D eigenvalue weighted by atomic mass is 32.1. The summed E-state index contributed by atoms with van der Waals surface area (Å²) in [6.07, 6.45) is 1.84. The number of hydrogen-bond donors (Lipinski definition) is 1. The molecule has 0 amide bonds. The van der Waals surface area contributed by atoms with Gasteiger partial charge in [-0.2, -0.15) is 0 Å². The lowest BCUT2D eigenvalue weighted by Crippen LogP contribution is -1.89. The molecular formula is C12H12N2S. The summed E-state index contributed by atoms with van der Waals surface area (Å²) in [6, 6.07) is 8.18. The number of aromatic amines is 1. The second kappa shape index (κ2) is 3.95. The van der Waals surface area contributed by atoms with E-state index in [1.165, 1.54) is 0 Å². The van der Waals surface area contributed by atoms with E-state index in [1.807, 2.05) is 32.2 Å². The smallest absolute Gasteiger partial charge is 0.103 e. The van der Waals surface area contributed by atoms with Gasteiger partial charge >= 0.3 is 0 Å². The highest BCUT2D eigenvalue weighted by Crippen LogP contribution is 2.17. The number of aromatic nitrogens is 2. The third kappa shape index (κ3) is 2.13. The SMILES string of the molecule is CC(=S)c1ccc(-c2cnc(C)[nH]2)cc1. The molecule has 1 N–H and O–H groups in total. The first-order valence-corrected chi connectivity index (χ1v) is 5.20. The monoisotopic (exact) mass is 216 g/mol. The Kier molecular flexibility index (Phi) is 2.64. The van der Waals surface area contributed by atoms with Crippen LogP contribution in [0.25, 0.3) is 11.3 Å². The number of thiocarbonyl (C=S) groups is 1. The summed E-state index contributed by atoms with van der Waals surface area (Å²) < 4.78 is 0. The molecule has 0 aliphatic rings. The van der Waals surface area contributed by atoms with E-state index in [-0.39, 0.29) is 0 Å². The zero-order valence-electron chi connectivity index (χ0n) is 8.74. The van der Waals surface area contributed by atoms with Crippen molar-refractivity contribution in [2.24, 2.45) is 0 Å².